The number of rotatable bonds is 9. The van der Waals surface area contributed by atoms with Crippen LogP contribution in [0.5, 0.6) is 5.75 Å². The Bertz CT molecular complexity index is 1190. The van der Waals surface area contributed by atoms with Gasteiger partial charge >= 0.3 is 12.2 Å². The van der Waals surface area contributed by atoms with Gasteiger partial charge in [-0.25, -0.2) is 4.79 Å². The first-order valence-corrected chi connectivity index (χ1v) is 11.4. The highest BCUT2D eigenvalue weighted by atomic mass is 35.5. The highest BCUT2D eigenvalue weighted by molar-refractivity contribution is 6.30. The first-order valence-electron chi connectivity index (χ1n) is 11.1. The van der Waals surface area contributed by atoms with Gasteiger partial charge in [0, 0.05) is 29.5 Å². The summed E-state index contributed by atoms with van der Waals surface area (Å²) >= 11 is 5.96. The van der Waals surface area contributed by atoms with E-state index in [1.807, 2.05) is 0 Å². The van der Waals surface area contributed by atoms with E-state index in [2.05, 4.69) is 10.6 Å². The zero-order chi connectivity index (χ0) is 26.1. The molecular weight excluding hydrogens is 495 g/mol. The summed E-state index contributed by atoms with van der Waals surface area (Å²) in [6.45, 7) is 0.297. The highest BCUT2D eigenvalue weighted by Crippen LogP contribution is 2.32. The largest absolute Gasteiger partial charge is 0.497 e. The Morgan fingerprint density at radius 3 is 2.39 bits per heavy atom. The van der Waals surface area contributed by atoms with E-state index in [0.29, 0.717) is 22.9 Å². The lowest BCUT2D eigenvalue weighted by Crippen LogP contribution is -2.37. The first kappa shape index (κ1) is 26.9. The number of ether oxygens (including phenoxy) is 1. The van der Waals surface area contributed by atoms with Crippen LogP contribution in [0.25, 0.3) is 0 Å². The van der Waals surface area contributed by atoms with Gasteiger partial charge in [-0.2, -0.15) is 13.2 Å². The number of nitrogens with zero attached hydrogens (tertiary/aromatic N) is 1. The molecule has 3 rings (SSSR count). The normalized spacial score (nSPS) is 11.0. The third-order valence-electron chi connectivity index (χ3n) is 5.21. The number of carbonyl (C=O) groups excluding carboxylic acids is 2. The number of urea groups is 1. The van der Waals surface area contributed by atoms with Gasteiger partial charge in [0.15, 0.2) is 0 Å². The predicted octanol–water partition coefficient (Wildman–Crippen LogP) is 6.15. The van der Waals surface area contributed by atoms with Crippen molar-refractivity contribution in [3.63, 3.8) is 0 Å². The van der Waals surface area contributed by atoms with Crippen LogP contribution in [-0.4, -0.2) is 32.1 Å². The molecule has 6 nitrogen and oxygen atoms in total. The standard InChI is InChI=1S/C26H25ClF3N3O3/c1-36-23-11-9-18(10-12-23)15-24(34)31-13-4-14-33(22-8-2-5-19(16-22)26(28,29)30)25(35)32-21-7-3-6-20(27)17-21/h2-3,5-12,16-17H,4,13-15H2,1H3,(H,31,34)(H,32,35). The van der Waals surface area contributed by atoms with Crippen LogP contribution in [0, 0.1) is 0 Å². The smallest absolute Gasteiger partial charge is 0.416 e. The fraction of sp³-hybridized carbons (Fsp3) is 0.231. The molecule has 3 amide bonds. The van der Waals surface area contributed by atoms with E-state index < -0.39 is 17.8 Å². The highest BCUT2D eigenvalue weighted by Gasteiger charge is 2.31. The summed E-state index contributed by atoms with van der Waals surface area (Å²) < 4.78 is 44.9. The van der Waals surface area contributed by atoms with Crippen LogP contribution >= 0.6 is 11.6 Å². The minimum Gasteiger partial charge on any atom is -0.497 e. The molecule has 0 bridgehead atoms. The fourth-order valence-electron chi connectivity index (χ4n) is 3.41. The van der Waals surface area contributed by atoms with Crippen LogP contribution < -0.4 is 20.3 Å². The van der Waals surface area contributed by atoms with E-state index in [1.165, 1.54) is 23.1 Å². The maximum atomic E-state index is 13.3. The van der Waals surface area contributed by atoms with Gasteiger partial charge in [0.05, 0.1) is 19.1 Å². The van der Waals surface area contributed by atoms with Gasteiger partial charge < -0.3 is 15.4 Å². The monoisotopic (exact) mass is 519 g/mol. The van der Waals surface area contributed by atoms with Crippen LogP contribution in [0.1, 0.15) is 17.5 Å². The summed E-state index contributed by atoms with van der Waals surface area (Å²) in [6, 6.07) is 17.4. The number of alkyl halides is 3. The van der Waals surface area contributed by atoms with Crippen molar-refractivity contribution in [1.82, 2.24) is 5.32 Å². The molecule has 0 aliphatic rings. The van der Waals surface area contributed by atoms with Crippen LogP contribution in [0.4, 0.5) is 29.3 Å². The second-order valence-corrected chi connectivity index (χ2v) is 8.31. The molecule has 0 aromatic heterocycles. The predicted molar refractivity (Wildman–Crippen MR) is 134 cm³/mol. The summed E-state index contributed by atoms with van der Waals surface area (Å²) in [6.07, 6.45) is -4.08. The molecule has 0 saturated heterocycles. The zero-order valence-electron chi connectivity index (χ0n) is 19.4. The summed E-state index contributed by atoms with van der Waals surface area (Å²) in [4.78, 5) is 26.5. The fourth-order valence-corrected chi connectivity index (χ4v) is 3.60. The van der Waals surface area contributed by atoms with E-state index in [4.69, 9.17) is 16.3 Å². The SMILES string of the molecule is COc1ccc(CC(=O)NCCCN(C(=O)Nc2cccc(Cl)c2)c2cccc(C(F)(F)F)c2)cc1. The Labute approximate surface area is 212 Å². The maximum Gasteiger partial charge on any atom is 0.416 e. The van der Waals surface area contributed by atoms with Crippen molar-refractivity contribution in [3.05, 3.63) is 88.9 Å². The van der Waals surface area contributed by atoms with Crippen molar-refractivity contribution in [1.29, 1.82) is 0 Å². The summed E-state index contributed by atoms with van der Waals surface area (Å²) in [5, 5.41) is 5.83. The van der Waals surface area contributed by atoms with Crippen LogP contribution in [0.2, 0.25) is 5.02 Å². The van der Waals surface area contributed by atoms with Gasteiger partial charge in [-0.3, -0.25) is 9.69 Å². The van der Waals surface area contributed by atoms with Crippen molar-refractivity contribution in [2.24, 2.45) is 0 Å². The first-order chi connectivity index (χ1) is 17.2. The molecule has 0 spiro atoms. The molecule has 0 fully saturated rings. The van der Waals surface area contributed by atoms with Gasteiger partial charge in [-0.15, -0.1) is 0 Å². The molecule has 0 atom stereocenters. The van der Waals surface area contributed by atoms with Gasteiger partial charge in [0.1, 0.15) is 5.75 Å². The molecule has 0 aliphatic carbocycles. The zero-order valence-corrected chi connectivity index (χ0v) is 20.2. The molecule has 0 saturated carbocycles. The van der Waals surface area contributed by atoms with E-state index in [1.54, 1.807) is 49.6 Å². The molecule has 0 aliphatic heterocycles. The van der Waals surface area contributed by atoms with Gasteiger partial charge in [0.25, 0.3) is 0 Å². The van der Waals surface area contributed by atoms with Crippen molar-refractivity contribution in [2.75, 3.05) is 30.4 Å². The number of hydrogen-bond donors (Lipinski definition) is 2. The number of carbonyl (C=O) groups is 2. The molecule has 190 valence electrons. The van der Waals surface area contributed by atoms with Gasteiger partial charge in [0.2, 0.25) is 5.91 Å². The number of benzene rings is 3. The second kappa shape index (κ2) is 12.3. The molecule has 2 N–H and O–H groups in total. The van der Waals surface area contributed by atoms with Crippen LogP contribution in [0.15, 0.2) is 72.8 Å². The number of hydrogen-bond acceptors (Lipinski definition) is 3. The number of halogens is 4. The molecular formula is C26H25ClF3N3O3. The van der Waals surface area contributed by atoms with E-state index >= 15 is 0 Å². The Balaban J connectivity index is 1.65. The molecule has 0 radical (unpaired) electrons. The van der Waals surface area contributed by atoms with Gasteiger partial charge in [-0.1, -0.05) is 35.9 Å². The molecule has 36 heavy (non-hydrogen) atoms. The summed E-state index contributed by atoms with van der Waals surface area (Å²) in [5.41, 5.74) is 0.416. The van der Waals surface area contributed by atoms with E-state index in [9.17, 15) is 22.8 Å². The molecule has 3 aromatic rings. The molecule has 3 aromatic carbocycles. The Morgan fingerprint density at radius 2 is 1.72 bits per heavy atom. The lowest BCUT2D eigenvalue weighted by Gasteiger charge is -2.24. The van der Waals surface area contributed by atoms with Crippen LogP contribution in [0.3, 0.4) is 0 Å². The van der Waals surface area contributed by atoms with Crippen molar-refractivity contribution in [2.45, 2.75) is 19.0 Å². The number of amides is 3. The number of nitrogens with one attached hydrogen (secondary N) is 2. The average molecular weight is 520 g/mol. The summed E-state index contributed by atoms with van der Waals surface area (Å²) in [5.74, 6) is 0.471. The Hall–Kier alpha value is -3.72. The lowest BCUT2D eigenvalue weighted by molar-refractivity contribution is -0.137. The Kier molecular flexibility index (Phi) is 9.19. The third-order valence-corrected chi connectivity index (χ3v) is 5.45. The number of methoxy groups -OCH3 is 1. The van der Waals surface area contributed by atoms with E-state index in [-0.39, 0.29) is 31.1 Å². The summed E-state index contributed by atoms with van der Waals surface area (Å²) in [7, 11) is 1.56. The second-order valence-electron chi connectivity index (χ2n) is 7.87. The Morgan fingerprint density at radius 1 is 1.00 bits per heavy atom. The molecule has 0 heterocycles. The molecule has 0 unspecified atom stereocenters. The number of anilines is 2. The quantitative estimate of drug-likeness (QED) is 0.333. The maximum absolute atomic E-state index is 13.3. The minimum atomic E-state index is -4.56. The third kappa shape index (κ3) is 7.91. The average Bonchev–Trinajstić information content (AvgIpc) is 2.84. The van der Waals surface area contributed by atoms with Crippen molar-refractivity contribution < 1.29 is 27.5 Å². The lowest BCUT2D eigenvalue weighted by atomic mass is 10.1. The van der Waals surface area contributed by atoms with Crippen molar-refractivity contribution in [3.8, 4) is 5.75 Å². The topological polar surface area (TPSA) is 70.7 Å². The van der Waals surface area contributed by atoms with Crippen molar-refractivity contribution >= 4 is 34.9 Å². The van der Waals surface area contributed by atoms with Crippen LogP contribution in [-0.2, 0) is 17.4 Å². The van der Waals surface area contributed by atoms with Gasteiger partial charge in [-0.05, 0) is 60.5 Å². The minimum absolute atomic E-state index is 0.0660. The molecule has 10 heteroatoms. The van der Waals surface area contributed by atoms with E-state index in [0.717, 1.165) is 17.7 Å².